The molecular formula is C11H13FN2O3. The predicted molar refractivity (Wildman–Crippen MR) is 60.0 cm³/mol. The summed E-state index contributed by atoms with van der Waals surface area (Å²) >= 11 is 0. The Morgan fingerprint density at radius 1 is 1.41 bits per heavy atom. The van der Waals surface area contributed by atoms with Gasteiger partial charge in [-0.25, -0.2) is 9.18 Å². The molecule has 5 nitrogen and oxygen atoms in total. The molecule has 17 heavy (non-hydrogen) atoms. The van der Waals surface area contributed by atoms with Crippen LogP contribution < -0.4 is 11.1 Å². The van der Waals surface area contributed by atoms with E-state index in [1.165, 1.54) is 19.9 Å². The van der Waals surface area contributed by atoms with Crippen molar-refractivity contribution in [3.05, 3.63) is 29.6 Å². The first-order valence-electron chi connectivity index (χ1n) is 4.85. The van der Waals surface area contributed by atoms with E-state index in [1.54, 1.807) is 0 Å². The van der Waals surface area contributed by atoms with E-state index in [0.717, 1.165) is 12.1 Å². The van der Waals surface area contributed by atoms with Crippen LogP contribution in [0.2, 0.25) is 0 Å². The Labute approximate surface area is 97.4 Å². The molecule has 0 heterocycles. The number of aliphatic carboxylic acids is 1. The van der Waals surface area contributed by atoms with Crippen molar-refractivity contribution in [1.29, 1.82) is 0 Å². The highest BCUT2D eigenvalue weighted by molar-refractivity contribution is 6.01. The number of carboxylic acids is 1. The van der Waals surface area contributed by atoms with Crippen LogP contribution in [0.5, 0.6) is 0 Å². The van der Waals surface area contributed by atoms with Gasteiger partial charge in [0.2, 0.25) is 0 Å². The number of hydrogen-bond donors (Lipinski definition) is 3. The van der Waals surface area contributed by atoms with Gasteiger partial charge < -0.3 is 16.2 Å². The van der Waals surface area contributed by atoms with Crippen LogP contribution in [0.3, 0.4) is 0 Å². The maximum Gasteiger partial charge on any atom is 0.328 e. The second-order valence-corrected chi connectivity index (χ2v) is 4.12. The van der Waals surface area contributed by atoms with E-state index in [-0.39, 0.29) is 11.3 Å². The van der Waals surface area contributed by atoms with Gasteiger partial charge in [-0.1, -0.05) is 0 Å². The summed E-state index contributed by atoms with van der Waals surface area (Å²) in [6, 6.07) is 3.33. The number of nitrogens with two attached hydrogens (primary N) is 1. The van der Waals surface area contributed by atoms with Crippen LogP contribution in [-0.2, 0) is 4.79 Å². The lowest BCUT2D eigenvalue weighted by molar-refractivity contribution is -0.143. The zero-order valence-electron chi connectivity index (χ0n) is 9.45. The Balaban J connectivity index is 2.98. The second kappa shape index (κ2) is 4.40. The average molecular weight is 240 g/mol. The molecule has 0 saturated carbocycles. The minimum absolute atomic E-state index is 0.0840. The lowest BCUT2D eigenvalue weighted by Crippen LogP contribution is -2.49. The first-order valence-corrected chi connectivity index (χ1v) is 4.85. The van der Waals surface area contributed by atoms with E-state index < -0.39 is 23.2 Å². The molecule has 0 bridgehead atoms. The third kappa shape index (κ3) is 2.93. The van der Waals surface area contributed by atoms with E-state index in [9.17, 15) is 14.0 Å². The molecule has 6 heteroatoms. The fourth-order valence-corrected chi connectivity index (χ4v) is 1.13. The van der Waals surface area contributed by atoms with Crippen LogP contribution in [0.1, 0.15) is 24.2 Å². The minimum atomic E-state index is -1.45. The highest BCUT2D eigenvalue weighted by Gasteiger charge is 2.29. The molecule has 0 saturated heterocycles. The summed E-state index contributed by atoms with van der Waals surface area (Å²) in [5, 5.41) is 11.1. The van der Waals surface area contributed by atoms with Gasteiger partial charge in [-0.05, 0) is 32.0 Å². The average Bonchev–Trinajstić information content (AvgIpc) is 2.20. The monoisotopic (exact) mass is 240 g/mol. The number of carbonyl (C=O) groups excluding carboxylic acids is 1. The van der Waals surface area contributed by atoms with Gasteiger partial charge in [0.15, 0.2) is 0 Å². The van der Waals surface area contributed by atoms with Crippen LogP contribution in [-0.4, -0.2) is 22.5 Å². The molecule has 1 rings (SSSR count). The molecular weight excluding hydrogens is 227 g/mol. The van der Waals surface area contributed by atoms with Crippen LogP contribution >= 0.6 is 0 Å². The molecule has 0 fully saturated rings. The minimum Gasteiger partial charge on any atom is -0.480 e. The molecule has 0 radical (unpaired) electrons. The smallest absolute Gasteiger partial charge is 0.328 e. The Kier molecular flexibility index (Phi) is 3.36. The van der Waals surface area contributed by atoms with Crippen LogP contribution in [0.15, 0.2) is 18.2 Å². The standard InChI is InChI=1S/C11H13FN2O3/c1-11(2,10(16)17)14-9(15)7-5-6(12)3-4-8(7)13/h3-5H,13H2,1-2H3,(H,14,15)(H,16,17). The van der Waals surface area contributed by atoms with Gasteiger partial charge >= 0.3 is 5.97 Å². The predicted octanol–water partition coefficient (Wildman–Crippen LogP) is 1.00. The number of carboxylic acid groups (broad SMARTS) is 1. The zero-order valence-corrected chi connectivity index (χ0v) is 9.45. The molecule has 4 N–H and O–H groups in total. The van der Waals surface area contributed by atoms with Gasteiger partial charge in [0.1, 0.15) is 11.4 Å². The summed E-state index contributed by atoms with van der Waals surface area (Å²) < 4.78 is 12.9. The molecule has 0 atom stereocenters. The van der Waals surface area contributed by atoms with Crippen molar-refractivity contribution in [2.75, 3.05) is 5.73 Å². The number of rotatable bonds is 3. The molecule has 1 aromatic rings. The lowest BCUT2D eigenvalue weighted by Gasteiger charge is -2.21. The van der Waals surface area contributed by atoms with Crippen molar-refractivity contribution in [3.63, 3.8) is 0 Å². The van der Waals surface area contributed by atoms with Crippen molar-refractivity contribution >= 4 is 17.6 Å². The van der Waals surface area contributed by atoms with Crippen molar-refractivity contribution < 1.29 is 19.1 Å². The normalized spacial score (nSPS) is 11.0. The van der Waals surface area contributed by atoms with Gasteiger partial charge in [-0.15, -0.1) is 0 Å². The zero-order chi connectivity index (χ0) is 13.2. The Morgan fingerprint density at radius 2 is 2.00 bits per heavy atom. The number of nitrogens with one attached hydrogen (secondary N) is 1. The Hall–Kier alpha value is -2.11. The van der Waals surface area contributed by atoms with Gasteiger partial charge in [0.25, 0.3) is 5.91 Å². The van der Waals surface area contributed by atoms with Crippen molar-refractivity contribution in [2.24, 2.45) is 0 Å². The SMILES string of the molecule is CC(C)(NC(=O)c1cc(F)ccc1N)C(=O)O. The fourth-order valence-electron chi connectivity index (χ4n) is 1.13. The Morgan fingerprint density at radius 3 is 2.53 bits per heavy atom. The summed E-state index contributed by atoms with van der Waals surface area (Å²) in [6.07, 6.45) is 0. The molecule has 0 aliphatic heterocycles. The number of anilines is 1. The number of carbonyl (C=O) groups is 2. The topological polar surface area (TPSA) is 92.4 Å². The lowest BCUT2D eigenvalue weighted by atomic mass is 10.0. The summed E-state index contributed by atoms with van der Waals surface area (Å²) in [4.78, 5) is 22.5. The maximum absolute atomic E-state index is 12.9. The van der Waals surface area contributed by atoms with Crippen molar-refractivity contribution in [2.45, 2.75) is 19.4 Å². The van der Waals surface area contributed by atoms with Crippen LogP contribution in [0.25, 0.3) is 0 Å². The van der Waals surface area contributed by atoms with E-state index in [0.29, 0.717) is 0 Å². The third-order valence-electron chi connectivity index (χ3n) is 2.22. The van der Waals surface area contributed by atoms with E-state index in [4.69, 9.17) is 10.8 Å². The largest absolute Gasteiger partial charge is 0.480 e. The molecule has 0 spiro atoms. The first-order chi connectivity index (χ1) is 7.74. The fraction of sp³-hybridized carbons (Fsp3) is 0.273. The number of nitrogen functional groups attached to an aromatic ring is 1. The molecule has 0 aliphatic rings. The summed E-state index contributed by atoms with van der Waals surface area (Å²) in [6.45, 7) is 2.64. The number of amides is 1. The number of hydrogen-bond acceptors (Lipinski definition) is 3. The van der Waals surface area contributed by atoms with E-state index in [2.05, 4.69) is 5.32 Å². The number of halogens is 1. The molecule has 1 amide bonds. The summed E-state index contributed by atoms with van der Waals surface area (Å²) in [7, 11) is 0. The highest BCUT2D eigenvalue weighted by atomic mass is 19.1. The molecule has 1 aromatic carbocycles. The summed E-state index contributed by atoms with van der Waals surface area (Å²) in [5.74, 6) is -2.53. The molecule has 0 aromatic heterocycles. The van der Waals surface area contributed by atoms with Crippen molar-refractivity contribution in [1.82, 2.24) is 5.32 Å². The quantitative estimate of drug-likeness (QED) is 0.687. The second-order valence-electron chi connectivity index (χ2n) is 4.12. The molecule has 0 unspecified atom stereocenters. The summed E-state index contributed by atoms with van der Waals surface area (Å²) in [5.41, 5.74) is 4.07. The van der Waals surface area contributed by atoms with Gasteiger partial charge in [0, 0.05) is 5.69 Å². The van der Waals surface area contributed by atoms with Gasteiger partial charge in [-0.3, -0.25) is 4.79 Å². The van der Waals surface area contributed by atoms with Crippen LogP contribution in [0.4, 0.5) is 10.1 Å². The van der Waals surface area contributed by atoms with E-state index >= 15 is 0 Å². The Bertz CT molecular complexity index is 472. The molecule has 0 aliphatic carbocycles. The van der Waals surface area contributed by atoms with E-state index in [1.807, 2.05) is 0 Å². The third-order valence-corrected chi connectivity index (χ3v) is 2.22. The van der Waals surface area contributed by atoms with Gasteiger partial charge in [0.05, 0.1) is 5.56 Å². The van der Waals surface area contributed by atoms with Gasteiger partial charge in [-0.2, -0.15) is 0 Å². The van der Waals surface area contributed by atoms with Crippen LogP contribution in [0, 0.1) is 5.82 Å². The molecule has 92 valence electrons. The first kappa shape index (κ1) is 13.0. The number of benzene rings is 1. The highest BCUT2D eigenvalue weighted by Crippen LogP contribution is 2.14. The maximum atomic E-state index is 12.9. The van der Waals surface area contributed by atoms with Crippen molar-refractivity contribution in [3.8, 4) is 0 Å².